The molecule has 0 radical (unpaired) electrons. The Morgan fingerprint density at radius 3 is 2.68 bits per heavy atom. The van der Waals surface area contributed by atoms with Crippen molar-refractivity contribution in [2.75, 3.05) is 6.61 Å². The van der Waals surface area contributed by atoms with E-state index in [-0.39, 0.29) is 23.9 Å². The molecule has 0 aliphatic heterocycles. The second-order valence-electron chi connectivity index (χ2n) is 7.01. The number of hydrogen-bond acceptors (Lipinski definition) is 6. The largest absolute Gasteiger partial charge is 0.489 e. The van der Waals surface area contributed by atoms with Crippen LogP contribution >= 0.6 is 12.4 Å². The fourth-order valence-corrected chi connectivity index (χ4v) is 3.10. The molecule has 0 bridgehead atoms. The molecule has 1 saturated carbocycles. The first-order valence-corrected chi connectivity index (χ1v) is 9.51. The van der Waals surface area contributed by atoms with Crippen LogP contribution in [-0.2, 0) is 0 Å². The zero-order valence-corrected chi connectivity index (χ0v) is 17.0. The third kappa shape index (κ3) is 4.56. The van der Waals surface area contributed by atoms with Gasteiger partial charge in [-0.05, 0) is 55.2 Å². The molecule has 5 rings (SSSR count). The smallest absolute Gasteiger partial charge is 0.387 e. The number of alkyl halides is 2. The Morgan fingerprint density at radius 1 is 1.06 bits per heavy atom. The SMILES string of the molecule is Cl.FC(F)Oc1ccc(-c2ccnc3nc(-c4cccnc4)nn23)cc1OCC1CC1. The fraction of sp³-hybridized carbons (Fsp3) is 0.238. The summed E-state index contributed by atoms with van der Waals surface area (Å²) in [4.78, 5) is 12.8. The van der Waals surface area contributed by atoms with Gasteiger partial charge < -0.3 is 9.47 Å². The first kappa shape index (κ1) is 20.9. The number of nitrogens with zero attached hydrogens (tertiary/aromatic N) is 5. The third-order valence-corrected chi connectivity index (χ3v) is 4.79. The van der Waals surface area contributed by atoms with Crippen LogP contribution in [0.4, 0.5) is 8.78 Å². The first-order valence-electron chi connectivity index (χ1n) is 9.51. The van der Waals surface area contributed by atoms with Crippen molar-refractivity contribution in [3.63, 3.8) is 0 Å². The number of ether oxygens (including phenoxy) is 2. The van der Waals surface area contributed by atoms with Crippen LogP contribution in [0.3, 0.4) is 0 Å². The summed E-state index contributed by atoms with van der Waals surface area (Å²) in [5, 5.41) is 4.55. The van der Waals surface area contributed by atoms with E-state index >= 15 is 0 Å². The Hall–Kier alpha value is -3.33. The maximum absolute atomic E-state index is 12.8. The average molecular weight is 446 g/mol. The molecule has 1 aliphatic carbocycles. The van der Waals surface area contributed by atoms with E-state index in [0.29, 0.717) is 29.8 Å². The molecule has 0 saturated heterocycles. The van der Waals surface area contributed by atoms with Crippen molar-refractivity contribution < 1.29 is 18.3 Å². The summed E-state index contributed by atoms with van der Waals surface area (Å²) in [6.07, 6.45) is 7.15. The molecule has 0 atom stereocenters. The van der Waals surface area contributed by atoms with Gasteiger partial charge in [-0.2, -0.15) is 18.3 Å². The predicted molar refractivity (Wildman–Crippen MR) is 112 cm³/mol. The minimum atomic E-state index is -2.93. The Balaban J connectivity index is 0.00000231. The number of pyridine rings is 1. The average Bonchev–Trinajstić information content (AvgIpc) is 3.48. The molecule has 0 amide bonds. The number of benzene rings is 1. The van der Waals surface area contributed by atoms with E-state index in [1.54, 1.807) is 47.4 Å². The summed E-state index contributed by atoms with van der Waals surface area (Å²) in [6, 6.07) is 10.3. The van der Waals surface area contributed by atoms with E-state index < -0.39 is 6.61 Å². The molecule has 3 aromatic heterocycles. The molecular weight excluding hydrogens is 428 g/mol. The second kappa shape index (κ2) is 8.81. The van der Waals surface area contributed by atoms with E-state index in [2.05, 4.69) is 24.8 Å². The highest BCUT2D eigenvalue weighted by molar-refractivity contribution is 5.85. The summed E-state index contributed by atoms with van der Waals surface area (Å²) < 4.78 is 37.6. The molecule has 10 heteroatoms. The molecular formula is C21H18ClF2N5O2. The lowest BCUT2D eigenvalue weighted by molar-refractivity contribution is -0.0515. The topological polar surface area (TPSA) is 74.4 Å². The molecule has 4 aromatic rings. The Morgan fingerprint density at radius 2 is 1.94 bits per heavy atom. The van der Waals surface area contributed by atoms with E-state index in [4.69, 9.17) is 4.74 Å². The van der Waals surface area contributed by atoms with Crippen LogP contribution in [0.1, 0.15) is 12.8 Å². The number of rotatable bonds is 7. The summed E-state index contributed by atoms with van der Waals surface area (Å²) in [5.41, 5.74) is 2.18. The number of fused-ring (bicyclic) bond motifs is 1. The maximum Gasteiger partial charge on any atom is 0.387 e. The van der Waals surface area contributed by atoms with Crippen molar-refractivity contribution in [2.24, 2.45) is 5.92 Å². The van der Waals surface area contributed by atoms with Crippen LogP contribution in [0.15, 0.2) is 55.0 Å². The van der Waals surface area contributed by atoms with Gasteiger partial charge in [-0.1, -0.05) is 0 Å². The number of halogens is 3. The molecule has 3 heterocycles. The van der Waals surface area contributed by atoms with Gasteiger partial charge in [-0.25, -0.2) is 4.98 Å². The van der Waals surface area contributed by atoms with Crippen LogP contribution in [0.25, 0.3) is 28.4 Å². The molecule has 0 spiro atoms. The molecule has 1 fully saturated rings. The quantitative estimate of drug-likeness (QED) is 0.411. The highest BCUT2D eigenvalue weighted by Gasteiger charge is 2.23. The van der Waals surface area contributed by atoms with Crippen LogP contribution in [0.5, 0.6) is 11.5 Å². The van der Waals surface area contributed by atoms with Crippen molar-refractivity contribution in [2.45, 2.75) is 19.5 Å². The molecule has 1 aliphatic rings. The molecule has 0 N–H and O–H groups in total. The van der Waals surface area contributed by atoms with Gasteiger partial charge >= 0.3 is 6.61 Å². The van der Waals surface area contributed by atoms with Gasteiger partial charge in [0.1, 0.15) is 0 Å². The van der Waals surface area contributed by atoms with E-state index in [1.807, 2.05) is 6.07 Å². The zero-order chi connectivity index (χ0) is 20.5. The van der Waals surface area contributed by atoms with Crippen LogP contribution in [0, 0.1) is 5.92 Å². The summed E-state index contributed by atoms with van der Waals surface area (Å²) in [6.45, 7) is -2.45. The van der Waals surface area contributed by atoms with Gasteiger partial charge in [-0.15, -0.1) is 17.5 Å². The number of aromatic nitrogens is 5. The fourth-order valence-electron chi connectivity index (χ4n) is 3.10. The minimum Gasteiger partial charge on any atom is -0.489 e. The lowest BCUT2D eigenvalue weighted by Crippen LogP contribution is -2.06. The zero-order valence-electron chi connectivity index (χ0n) is 16.2. The lowest BCUT2D eigenvalue weighted by atomic mass is 10.1. The van der Waals surface area contributed by atoms with Crippen LogP contribution in [-0.4, -0.2) is 37.8 Å². The van der Waals surface area contributed by atoms with Crippen LogP contribution in [0.2, 0.25) is 0 Å². The van der Waals surface area contributed by atoms with E-state index in [9.17, 15) is 8.78 Å². The number of hydrogen-bond donors (Lipinski definition) is 0. The third-order valence-electron chi connectivity index (χ3n) is 4.79. The molecule has 160 valence electrons. The van der Waals surface area contributed by atoms with Gasteiger partial charge in [0.2, 0.25) is 0 Å². The van der Waals surface area contributed by atoms with E-state index in [1.165, 1.54) is 6.07 Å². The van der Waals surface area contributed by atoms with Crippen molar-refractivity contribution in [3.05, 3.63) is 55.0 Å². The molecule has 31 heavy (non-hydrogen) atoms. The Labute approximate surface area is 182 Å². The van der Waals surface area contributed by atoms with Crippen molar-refractivity contribution in [3.8, 4) is 34.1 Å². The molecule has 1 aromatic carbocycles. The van der Waals surface area contributed by atoms with Gasteiger partial charge in [-0.3, -0.25) is 4.98 Å². The van der Waals surface area contributed by atoms with Crippen molar-refractivity contribution >= 4 is 18.2 Å². The highest BCUT2D eigenvalue weighted by Crippen LogP contribution is 2.36. The van der Waals surface area contributed by atoms with Gasteiger partial charge in [0, 0.05) is 29.7 Å². The predicted octanol–water partition coefficient (Wildman–Crippen LogP) is 4.67. The normalized spacial score (nSPS) is 13.3. The Kier molecular flexibility index (Phi) is 5.94. The molecule has 7 nitrogen and oxygen atoms in total. The minimum absolute atomic E-state index is 0. The summed E-state index contributed by atoms with van der Waals surface area (Å²) in [5.74, 6) is 1.66. The van der Waals surface area contributed by atoms with Gasteiger partial charge in [0.15, 0.2) is 17.3 Å². The Bertz CT molecular complexity index is 1190. The standard InChI is InChI=1S/C21H17F2N5O2.ClH/c22-20(23)30-17-6-5-14(10-18(17)29-12-13-3-4-13)16-7-9-25-21-26-19(27-28(16)21)15-2-1-8-24-11-15;/h1-2,5-11,13,20H,3-4,12H2;1H. The van der Waals surface area contributed by atoms with E-state index in [0.717, 1.165) is 24.0 Å². The monoisotopic (exact) mass is 445 g/mol. The van der Waals surface area contributed by atoms with Crippen molar-refractivity contribution in [1.29, 1.82) is 0 Å². The second-order valence-corrected chi connectivity index (χ2v) is 7.01. The summed E-state index contributed by atoms with van der Waals surface area (Å²) >= 11 is 0. The van der Waals surface area contributed by atoms with Crippen LogP contribution < -0.4 is 9.47 Å². The first-order chi connectivity index (χ1) is 14.7. The molecule has 0 unspecified atom stereocenters. The van der Waals surface area contributed by atoms with Gasteiger partial charge in [0.25, 0.3) is 5.78 Å². The van der Waals surface area contributed by atoms with Crippen molar-refractivity contribution in [1.82, 2.24) is 24.6 Å². The van der Waals surface area contributed by atoms with Gasteiger partial charge in [0.05, 0.1) is 12.3 Å². The highest BCUT2D eigenvalue weighted by atomic mass is 35.5. The maximum atomic E-state index is 12.8. The lowest BCUT2D eigenvalue weighted by Gasteiger charge is -2.14. The summed E-state index contributed by atoms with van der Waals surface area (Å²) in [7, 11) is 0.